The molecule has 4 aromatic rings. The van der Waals surface area contributed by atoms with Gasteiger partial charge in [0.2, 0.25) is 0 Å². The van der Waals surface area contributed by atoms with Gasteiger partial charge in [-0.1, -0.05) is 102 Å². The van der Waals surface area contributed by atoms with Gasteiger partial charge in [-0.25, -0.2) is 0 Å². The van der Waals surface area contributed by atoms with Crippen molar-refractivity contribution >= 4 is 17.8 Å². The van der Waals surface area contributed by atoms with Crippen molar-refractivity contribution in [3.63, 3.8) is 0 Å². The smallest absolute Gasteiger partial charge is 0.409 e. The van der Waals surface area contributed by atoms with Crippen LogP contribution >= 0.6 is 7.14 Å². The standard InChI is InChI=1S/C30H28F3O2P/c1-20-10-14-26(15-11-20)36(35,27-16-12-21(2)13-17-27)29(30(31,32)33,24-8-6-5-7-9-24)25-18-22(3)28(34)23(4)19-25/h5-19,34H,1-4H3. The molecule has 1 unspecified atom stereocenters. The molecule has 36 heavy (non-hydrogen) atoms. The quantitative estimate of drug-likeness (QED) is 0.285. The van der Waals surface area contributed by atoms with E-state index in [-0.39, 0.29) is 38.6 Å². The zero-order chi connectivity index (χ0) is 26.3. The van der Waals surface area contributed by atoms with E-state index in [1.54, 1.807) is 68.4 Å². The third-order valence-corrected chi connectivity index (χ3v) is 10.5. The first-order valence-corrected chi connectivity index (χ1v) is 13.3. The molecule has 0 aliphatic rings. The monoisotopic (exact) mass is 508 g/mol. The average Bonchev–Trinajstić information content (AvgIpc) is 2.83. The predicted octanol–water partition coefficient (Wildman–Crippen LogP) is 7.45. The highest BCUT2D eigenvalue weighted by Gasteiger charge is 2.68. The van der Waals surface area contributed by atoms with Gasteiger partial charge in [0.25, 0.3) is 0 Å². The minimum absolute atomic E-state index is 0.0802. The molecule has 0 heterocycles. The molecule has 0 saturated carbocycles. The number of aromatic hydroxyl groups is 1. The molecule has 1 N–H and O–H groups in total. The molecule has 0 radical (unpaired) electrons. The van der Waals surface area contributed by atoms with Crippen molar-refractivity contribution in [1.82, 2.24) is 0 Å². The van der Waals surface area contributed by atoms with Gasteiger partial charge >= 0.3 is 6.18 Å². The number of rotatable bonds is 5. The van der Waals surface area contributed by atoms with Gasteiger partial charge in [0.1, 0.15) is 5.75 Å². The second kappa shape index (κ2) is 9.29. The van der Waals surface area contributed by atoms with E-state index >= 15 is 17.7 Å². The van der Waals surface area contributed by atoms with Crippen molar-refractivity contribution in [3.8, 4) is 5.75 Å². The topological polar surface area (TPSA) is 37.3 Å². The molecule has 1 atom stereocenters. The Morgan fingerprint density at radius 3 is 1.44 bits per heavy atom. The SMILES string of the molecule is Cc1ccc(P(=O)(c2ccc(C)cc2)C(c2ccccc2)(c2cc(C)c(O)c(C)c2)C(F)(F)F)cc1. The van der Waals surface area contributed by atoms with Gasteiger partial charge in [0, 0.05) is 10.6 Å². The zero-order valence-electron chi connectivity index (χ0n) is 20.6. The fourth-order valence-electron chi connectivity index (χ4n) is 4.93. The summed E-state index contributed by atoms with van der Waals surface area (Å²) in [6.07, 6.45) is -4.96. The molecule has 4 aromatic carbocycles. The normalized spacial score (nSPS) is 13.9. The largest absolute Gasteiger partial charge is 0.507 e. The Morgan fingerprint density at radius 2 is 1.06 bits per heavy atom. The molecule has 6 heteroatoms. The summed E-state index contributed by atoms with van der Waals surface area (Å²) in [5.41, 5.74) is 1.98. The highest BCUT2D eigenvalue weighted by atomic mass is 31.2. The maximum atomic E-state index is 15.9. The second-order valence-electron chi connectivity index (χ2n) is 9.31. The fraction of sp³-hybridized carbons (Fsp3) is 0.200. The van der Waals surface area contributed by atoms with Crippen LogP contribution in [0.5, 0.6) is 5.75 Å². The van der Waals surface area contributed by atoms with E-state index in [1.807, 2.05) is 13.8 Å². The lowest BCUT2D eigenvalue weighted by Crippen LogP contribution is -2.48. The van der Waals surface area contributed by atoms with Crippen LogP contribution in [0.4, 0.5) is 13.2 Å². The lowest BCUT2D eigenvalue weighted by molar-refractivity contribution is -0.154. The van der Waals surface area contributed by atoms with Gasteiger partial charge in [0.05, 0.1) is 0 Å². The zero-order valence-corrected chi connectivity index (χ0v) is 21.5. The third kappa shape index (κ3) is 3.96. The van der Waals surface area contributed by atoms with E-state index in [2.05, 4.69) is 0 Å². The molecular formula is C30H28F3O2P. The van der Waals surface area contributed by atoms with Crippen LogP contribution in [0, 0.1) is 27.7 Å². The Kier molecular flexibility index (Phi) is 6.66. The summed E-state index contributed by atoms with van der Waals surface area (Å²) >= 11 is 0. The van der Waals surface area contributed by atoms with E-state index < -0.39 is 18.5 Å². The van der Waals surface area contributed by atoms with Gasteiger partial charge in [-0.15, -0.1) is 0 Å². The summed E-state index contributed by atoms with van der Waals surface area (Å²) in [6, 6.07) is 23.0. The van der Waals surface area contributed by atoms with Gasteiger partial charge in [0.15, 0.2) is 12.3 Å². The molecule has 0 bridgehead atoms. The Bertz CT molecular complexity index is 1350. The fourth-order valence-corrected chi connectivity index (χ4v) is 8.50. The molecule has 0 amide bonds. The molecule has 186 valence electrons. The second-order valence-corrected chi connectivity index (χ2v) is 12.2. The maximum absolute atomic E-state index is 15.9. The maximum Gasteiger partial charge on any atom is 0.409 e. The molecule has 0 spiro atoms. The van der Waals surface area contributed by atoms with Gasteiger partial charge in [-0.05, 0) is 49.9 Å². The molecule has 4 rings (SSSR count). The summed E-state index contributed by atoms with van der Waals surface area (Å²) in [4.78, 5) is 0. The van der Waals surface area contributed by atoms with Crippen molar-refractivity contribution in [2.24, 2.45) is 0 Å². The van der Waals surface area contributed by atoms with Crippen LogP contribution in [0.1, 0.15) is 33.4 Å². The van der Waals surface area contributed by atoms with E-state index in [0.29, 0.717) is 0 Å². The third-order valence-electron chi connectivity index (χ3n) is 6.78. The van der Waals surface area contributed by atoms with Crippen LogP contribution < -0.4 is 10.6 Å². The van der Waals surface area contributed by atoms with Crippen molar-refractivity contribution in [2.75, 3.05) is 0 Å². The Morgan fingerprint density at radius 1 is 0.639 bits per heavy atom. The van der Waals surface area contributed by atoms with Crippen molar-refractivity contribution in [2.45, 2.75) is 39.0 Å². The molecule has 0 fully saturated rings. The first kappa shape index (κ1) is 25.8. The Hall–Kier alpha value is -3.30. The summed E-state index contributed by atoms with van der Waals surface area (Å²) in [6.45, 7) is 6.78. The lowest BCUT2D eigenvalue weighted by Gasteiger charge is -2.43. The first-order valence-electron chi connectivity index (χ1n) is 11.6. The first-order chi connectivity index (χ1) is 16.9. The number of halogens is 3. The number of aryl methyl sites for hydroxylation is 4. The minimum atomic E-state index is -4.96. The molecular weight excluding hydrogens is 480 g/mol. The van der Waals surface area contributed by atoms with Gasteiger partial charge in [-0.3, -0.25) is 0 Å². The van der Waals surface area contributed by atoms with E-state index in [4.69, 9.17) is 0 Å². The number of hydrogen-bond acceptors (Lipinski definition) is 2. The molecule has 0 aliphatic carbocycles. The van der Waals surface area contributed by atoms with Crippen molar-refractivity contribution in [3.05, 3.63) is 124 Å². The number of phenols is 1. The van der Waals surface area contributed by atoms with Crippen LogP contribution in [-0.4, -0.2) is 11.3 Å². The Labute approximate surface area is 209 Å². The van der Waals surface area contributed by atoms with Gasteiger partial charge in [-0.2, -0.15) is 13.2 Å². The van der Waals surface area contributed by atoms with E-state index in [0.717, 1.165) is 11.1 Å². The van der Waals surface area contributed by atoms with Crippen LogP contribution in [-0.2, 0) is 9.72 Å². The van der Waals surface area contributed by atoms with E-state index in [9.17, 15) is 5.11 Å². The number of benzene rings is 4. The Balaban J connectivity index is 2.29. The summed E-state index contributed by atoms with van der Waals surface area (Å²) < 4.78 is 63.3. The van der Waals surface area contributed by atoms with Crippen LogP contribution in [0.15, 0.2) is 91.0 Å². The van der Waals surface area contributed by atoms with Crippen LogP contribution in [0.25, 0.3) is 0 Å². The van der Waals surface area contributed by atoms with Gasteiger partial charge < -0.3 is 9.67 Å². The van der Waals surface area contributed by atoms with Crippen LogP contribution in [0.2, 0.25) is 0 Å². The number of alkyl halides is 3. The van der Waals surface area contributed by atoms with Crippen molar-refractivity contribution < 1.29 is 22.8 Å². The predicted molar refractivity (Wildman–Crippen MR) is 140 cm³/mol. The van der Waals surface area contributed by atoms with E-state index in [1.165, 1.54) is 36.4 Å². The number of phenolic OH excluding ortho intramolecular Hbond substituents is 1. The number of hydrogen-bond donors (Lipinski definition) is 1. The minimum Gasteiger partial charge on any atom is -0.507 e. The summed E-state index contributed by atoms with van der Waals surface area (Å²) in [5.74, 6) is -0.0802. The van der Waals surface area contributed by atoms with Crippen LogP contribution in [0.3, 0.4) is 0 Å². The summed E-state index contributed by atoms with van der Waals surface area (Å²) in [5, 5.41) is 7.73. The van der Waals surface area contributed by atoms with Crippen molar-refractivity contribution in [1.29, 1.82) is 0 Å². The highest BCUT2D eigenvalue weighted by Crippen LogP contribution is 2.71. The molecule has 0 saturated heterocycles. The molecule has 0 aromatic heterocycles. The molecule has 2 nitrogen and oxygen atoms in total. The average molecular weight is 509 g/mol. The molecule has 0 aliphatic heterocycles. The lowest BCUT2D eigenvalue weighted by atomic mass is 9.87. The highest BCUT2D eigenvalue weighted by molar-refractivity contribution is 7.80. The summed E-state index contributed by atoms with van der Waals surface area (Å²) in [7, 11) is -4.53.